The van der Waals surface area contributed by atoms with Gasteiger partial charge in [-0.05, 0) is 57.7 Å². The molecule has 0 saturated carbocycles. The Balaban J connectivity index is 1.88. The Kier molecular flexibility index (Phi) is 5.45. The molecule has 0 fully saturated rings. The molecule has 1 heterocycles. The van der Waals surface area contributed by atoms with Crippen molar-refractivity contribution in [3.8, 4) is 0 Å². The zero-order valence-electron chi connectivity index (χ0n) is 14.1. The highest BCUT2D eigenvalue weighted by Gasteiger charge is 2.28. The molecule has 2 aromatic carbocycles. The van der Waals surface area contributed by atoms with Gasteiger partial charge >= 0.3 is 0 Å². The van der Waals surface area contributed by atoms with E-state index in [0.29, 0.717) is 35.1 Å². The zero-order chi connectivity index (χ0) is 18.9. The highest BCUT2D eigenvalue weighted by atomic mass is 79.9. The third-order valence-electron chi connectivity index (χ3n) is 4.30. The second kappa shape index (κ2) is 7.46. The number of sulfonamides is 1. The van der Waals surface area contributed by atoms with Crippen molar-refractivity contribution in [3.05, 3.63) is 57.8 Å². The number of amides is 1. The predicted octanol–water partition coefficient (Wildman–Crippen LogP) is 3.37. The first-order valence-corrected chi connectivity index (χ1v) is 10.5. The van der Waals surface area contributed by atoms with Crippen molar-refractivity contribution in [1.29, 1.82) is 0 Å². The van der Waals surface area contributed by atoms with Crippen LogP contribution in [0.5, 0.6) is 0 Å². The second-order valence-electron chi connectivity index (χ2n) is 6.01. The van der Waals surface area contributed by atoms with Crippen LogP contribution in [0.25, 0.3) is 0 Å². The Morgan fingerprint density at radius 2 is 1.96 bits per heavy atom. The SMILES string of the molecule is CCC(=O)N1CCc2cc(Br)c(S(=O)(=O)NCc3ccc(F)cc3)cc21. The normalized spacial score (nSPS) is 13.7. The third-order valence-corrected chi connectivity index (χ3v) is 6.66. The Morgan fingerprint density at radius 3 is 2.62 bits per heavy atom. The average Bonchev–Trinajstić information content (AvgIpc) is 3.02. The first kappa shape index (κ1) is 19.0. The van der Waals surface area contributed by atoms with Crippen LogP contribution in [0.4, 0.5) is 10.1 Å². The van der Waals surface area contributed by atoms with E-state index in [2.05, 4.69) is 20.7 Å². The van der Waals surface area contributed by atoms with E-state index in [-0.39, 0.29) is 23.2 Å². The maximum absolute atomic E-state index is 13.0. The summed E-state index contributed by atoms with van der Waals surface area (Å²) in [7, 11) is -3.81. The van der Waals surface area contributed by atoms with Crippen LogP contribution in [0.1, 0.15) is 24.5 Å². The summed E-state index contributed by atoms with van der Waals surface area (Å²) in [6.07, 6.45) is 1.06. The van der Waals surface area contributed by atoms with Crippen LogP contribution >= 0.6 is 15.9 Å². The van der Waals surface area contributed by atoms with Crippen molar-refractivity contribution in [2.75, 3.05) is 11.4 Å². The van der Waals surface area contributed by atoms with Crippen LogP contribution < -0.4 is 9.62 Å². The molecule has 0 spiro atoms. The number of nitrogens with one attached hydrogen (secondary N) is 1. The lowest BCUT2D eigenvalue weighted by atomic mass is 10.2. The fraction of sp³-hybridized carbons (Fsp3) is 0.278. The van der Waals surface area contributed by atoms with E-state index < -0.39 is 10.0 Å². The number of hydrogen-bond acceptors (Lipinski definition) is 3. The van der Waals surface area contributed by atoms with Crippen LogP contribution in [0.15, 0.2) is 45.8 Å². The summed E-state index contributed by atoms with van der Waals surface area (Å²) in [5, 5.41) is 0. The van der Waals surface area contributed by atoms with Gasteiger partial charge in [-0.1, -0.05) is 19.1 Å². The predicted molar refractivity (Wildman–Crippen MR) is 101 cm³/mol. The van der Waals surface area contributed by atoms with Crippen LogP contribution in [0.2, 0.25) is 0 Å². The van der Waals surface area contributed by atoms with Crippen molar-refractivity contribution in [2.24, 2.45) is 0 Å². The van der Waals surface area contributed by atoms with Gasteiger partial charge in [-0.2, -0.15) is 0 Å². The van der Waals surface area contributed by atoms with E-state index in [1.807, 2.05) is 0 Å². The van der Waals surface area contributed by atoms with Gasteiger partial charge < -0.3 is 4.90 Å². The molecule has 0 bridgehead atoms. The van der Waals surface area contributed by atoms with E-state index >= 15 is 0 Å². The average molecular weight is 441 g/mol. The Bertz CT molecular complexity index is 946. The number of fused-ring (bicyclic) bond motifs is 1. The van der Waals surface area contributed by atoms with Crippen LogP contribution in [-0.4, -0.2) is 20.9 Å². The van der Waals surface area contributed by atoms with Gasteiger partial charge in [-0.15, -0.1) is 0 Å². The maximum atomic E-state index is 13.0. The van der Waals surface area contributed by atoms with Gasteiger partial charge in [-0.3, -0.25) is 4.79 Å². The molecule has 1 aliphatic heterocycles. The molecule has 3 rings (SSSR count). The largest absolute Gasteiger partial charge is 0.312 e. The Labute approximate surface area is 160 Å². The van der Waals surface area contributed by atoms with E-state index in [1.165, 1.54) is 30.3 Å². The van der Waals surface area contributed by atoms with Gasteiger partial charge in [0.15, 0.2) is 0 Å². The van der Waals surface area contributed by atoms with Crippen LogP contribution in [0.3, 0.4) is 0 Å². The summed E-state index contributed by atoms with van der Waals surface area (Å²) in [5.74, 6) is -0.410. The summed E-state index contributed by atoms with van der Waals surface area (Å²) < 4.78 is 41.4. The Hall–Kier alpha value is -1.77. The molecule has 0 atom stereocenters. The smallest absolute Gasteiger partial charge is 0.242 e. The number of rotatable bonds is 5. The summed E-state index contributed by atoms with van der Waals surface area (Å²) in [4.78, 5) is 13.8. The van der Waals surface area contributed by atoms with E-state index in [4.69, 9.17) is 0 Å². The minimum Gasteiger partial charge on any atom is -0.312 e. The molecular weight excluding hydrogens is 423 g/mol. The molecule has 0 saturated heterocycles. The highest BCUT2D eigenvalue weighted by molar-refractivity contribution is 9.10. The molecule has 1 aliphatic rings. The summed E-state index contributed by atoms with van der Waals surface area (Å²) in [5.41, 5.74) is 2.23. The molecule has 0 unspecified atom stereocenters. The van der Waals surface area contributed by atoms with E-state index in [9.17, 15) is 17.6 Å². The number of hydrogen-bond donors (Lipinski definition) is 1. The number of anilines is 1. The third kappa shape index (κ3) is 3.82. The summed E-state index contributed by atoms with van der Waals surface area (Å²) in [6, 6.07) is 8.90. The zero-order valence-corrected chi connectivity index (χ0v) is 16.5. The van der Waals surface area contributed by atoms with Crippen molar-refractivity contribution >= 4 is 37.5 Å². The lowest BCUT2D eigenvalue weighted by Crippen LogP contribution is -2.28. The van der Waals surface area contributed by atoms with Crippen LogP contribution in [0, 0.1) is 5.82 Å². The highest BCUT2D eigenvalue weighted by Crippen LogP contribution is 2.35. The molecule has 0 radical (unpaired) electrons. The van der Waals surface area contributed by atoms with Crippen molar-refractivity contribution in [3.63, 3.8) is 0 Å². The number of nitrogens with zero attached hydrogens (tertiary/aromatic N) is 1. The molecule has 8 heteroatoms. The number of benzene rings is 2. The van der Waals surface area contributed by atoms with Crippen molar-refractivity contribution in [2.45, 2.75) is 31.2 Å². The fourth-order valence-electron chi connectivity index (χ4n) is 2.90. The van der Waals surface area contributed by atoms with Gasteiger partial charge in [-0.25, -0.2) is 17.5 Å². The molecular formula is C18H18BrFN2O3S. The van der Waals surface area contributed by atoms with Crippen molar-refractivity contribution < 1.29 is 17.6 Å². The van der Waals surface area contributed by atoms with Gasteiger partial charge in [0.1, 0.15) is 5.82 Å². The molecule has 26 heavy (non-hydrogen) atoms. The van der Waals surface area contributed by atoms with Crippen LogP contribution in [-0.2, 0) is 27.8 Å². The Morgan fingerprint density at radius 1 is 1.27 bits per heavy atom. The van der Waals surface area contributed by atoms with Crippen molar-refractivity contribution in [1.82, 2.24) is 4.72 Å². The lowest BCUT2D eigenvalue weighted by molar-refractivity contribution is -0.118. The number of carbonyl (C=O) groups excluding carboxylic acids is 1. The quantitative estimate of drug-likeness (QED) is 0.774. The lowest BCUT2D eigenvalue weighted by Gasteiger charge is -2.18. The summed E-state index contributed by atoms with van der Waals surface area (Å²) in [6.45, 7) is 2.38. The molecule has 1 amide bonds. The van der Waals surface area contributed by atoms with Gasteiger partial charge in [0.2, 0.25) is 15.9 Å². The minimum absolute atomic E-state index is 0.0336. The first-order valence-electron chi connectivity index (χ1n) is 8.18. The standard InChI is InChI=1S/C18H18BrFN2O3S/c1-2-18(23)22-8-7-13-9-15(19)17(10-16(13)22)26(24,25)21-11-12-3-5-14(20)6-4-12/h3-6,9-10,21H,2,7-8,11H2,1H3. The van der Waals surface area contributed by atoms with Gasteiger partial charge in [0.25, 0.3) is 0 Å². The van der Waals surface area contributed by atoms with E-state index in [1.54, 1.807) is 17.9 Å². The fourth-order valence-corrected chi connectivity index (χ4v) is 5.03. The molecule has 0 aromatic heterocycles. The monoisotopic (exact) mass is 440 g/mol. The molecule has 2 aromatic rings. The summed E-state index contributed by atoms with van der Waals surface area (Å²) >= 11 is 3.32. The number of carbonyl (C=O) groups is 1. The second-order valence-corrected chi connectivity index (χ2v) is 8.60. The molecule has 5 nitrogen and oxygen atoms in total. The molecule has 0 aliphatic carbocycles. The number of halogens is 2. The molecule has 1 N–H and O–H groups in total. The van der Waals surface area contributed by atoms with Gasteiger partial charge in [0.05, 0.1) is 4.90 Å². The van der Waals surface area contributed by atoms with E-state index in [0.717, 1.165) is 5.56 Å². The first-order chi connectivity index (χ1) is 12.3. The minimum atomic E-state index is -3.81. The van der Waals surface area contributed by atoms with Gasteiger partial charge in [0, 0.05) is 29.7 Å². The topological polar surface area (TPSA) is 66.5 Å². The molecule has 138 valence electrons. The maximum Gasteiger partial charge on any atom is 0.242 e.